The number of amides is 1. The lowest BCUT2D eigenvalue weighted by molar-refractivity contribution is -0.114. The average molecular weight is 441 g/mol. The topological polar surface area (TPSA) is 84.9 Å². The van der Waals surface area contributed by atoms with Gasteiger partial charge in [-0.1, -0.05) is 24.3 Å². The van der Waals surface area contributed by atoms with Crippen LogP contribution in [0.15, 0.2) is 77.7 Å². The summed E-state index contributed by atoms with van der Waals surface area (Å²) in [4.78, 5) is 12.8. The third kappa shape index (κ3) is 5.16. The van der Waals surface area contributed by atoms with Crippen molar-refractivity contribution in [2.45, 2.75) is 11.8 Å². The van der Waals surface area contributed by atoms with Gasteiger partial charge in [0.2, 0.25) is 5.91 Å². The van der Waals surface area contributed by atoms with Crippen molar-refractivity contribution in [3.63, 3.8) is 0 Å². The number of sulfonamides is 1. The number of ether oxygens (including phenoxy) is 2. The first-order valence-corrected chi connectivity index (χ1v) is 11.0. The van der Waals surface area contributed by atoms with Crippen LogP contribution in [0, 0.1) is 6.92 Å². The highest BCUT2D eigenvalue weighted by molar-refractivity contribution is 7.92. The average Bonchev–Trinajstić information content (AvgIpc) is 2.78. The zero-order chi connectivity index (χ0) is 22.4. The molecule has 162 valence electrons. The summed E-state index contributed by atoms with van der Waals surface area (Å²) in [5.74, 6) is 0.686. The number of methoxy groups -OCH3 is 2. The molecule has 0 aromatic heterocycles. The van der Waals surface area contributed by atoms with Crippen LogP contribution in [-0.2, 0) is 14.8 Å². The lowest BCUT2D eigenvalue weighted by atomic mass is 10.2. The smallest absolute Gasteiger partial charge is 0.264 e. The van der Waals surface area contributed by atoms with Gasteiger partial charge < -0.3 is 14.8 Å². The van der Waals surface area contributed by atoms with E-state index in [0.29, 0.717) is 28.4 Å². The van der Waals surface area contributed by atoms with Crippen molar-refractivity contribution in [2.24, 2.45) is 0 Å². The number of carbonyl (C=O) groups is 1. The Balaban J connectivity index is 1.93. The maximum atomic E-state index is 13.5. The van der Waals surface area contributed by atoms with E-state index in [9.17, 15) is 13.2 Å². The minimum atomic E-state index is -4.01. The molecule has 7 nitrogen and oxygen atoms in total. The van der Waals surface area contributed by atoms with Crippen LogP contribution in [0.5, 0.6) is 11.5 Å². The molecule has 0 aliphatic carbocycles. The summed E-state index contributed by atoms with van der Waals surface area (Å²) in [7, 11) is -0.957. The Bertz CT molecular complexity index is 1160. The molecule has 0 aliphatic rings. The number of para-hydroxylation sites is 1. The van der Waals surface area contributed by atoms with Crippen molar-refractivity contribution < 1.29 is 22.7 Å². The molecule has 1 N–H and O–H groups in total. The zero-order valence-corrected chi connectivity index (χ0v) is 18.3. The number of nitrogens with zero attached hydrogens (tertiary/aromatic N) is 1. The Morgan fingerprint density at radius 3 is 2.32 bits per heavy atom. The fourth-order valence-corrected chi connectivity index (χ4v) is 4.59. The van der Waals surface area contributed by atoms with Gasteiger partial charge in [0.15, 0.2) is 0 Å². The quantitative estimate of drug-likeness (QED) is 0.575. The second kappa shape index (κ2) is 9.53. The Morgan fingerprint density at radius 2 is 1.68 bits per heavy atom. The molecule has 0 spiro atoms. The van der Waals surface area contributed by atoms with Crippen LogP contribution >= 0.6 is 0 Å². The highest BCUT2D eigenvalue weighted by atomic mass is 32.2. The third-order valence-electron chi connectivity index (χ3n) is 4.64. The molecule has 0 bridgehead atoms. The predicted molar refractivity (Wildman–Crippen MR) is 120 cm³/mol. The molecule has 0 fully saturated rings. The fourth-order valence-electron chi connectivity index (χ4n) is 3.08. The molecule has 1 amide bonds. The first-order valence-electron chi connectivity index (χ1n) is 9.51. The van der Waals surface area contributed by atoms with Crippen LogP contribution in [0.3, 0.4) is 0 Å². The first kappa shape index (κ1) is 22.2. The summed E-state index contributed by atoms with van der Waals surface area (Å²) in [6, 6.07) is 20.0. The molecule has 0 aliphatic heterocycles. The molecule has 8 heteroatoms. The van der Waals surface area contributed by atoms with Gasteiger partial charge in [-0.2, -0.15) is 0 Å². The van der Waals surface area contributed by atoms with Gasteiger partial charge in [0.05, 0.1) is 24.8 Å². The SMILES string of the molecule is COc1cccc(NC(=O)CN(c2ccccc2)S(=O)(=O)c2ccc(OC)c(C)c2)c1. The van der Waals surface area contributed by atoms with Crippen LogP contribution < -0.4 is 19.1 Å². The predicted octanol–water partition coefficient (Wildman–Crippen LogP) is 3.85. The van der Waals surface area contributed by atoms with Gasteiger partial charge in [-0.25, -0.2) is 8.42 Å². The molecule has 31 heavy (non-hydrogen) atoms. The Labute approximate surface area is 182 Å². The first-order chi connectivity index (χ1) is 14.8. The van der Waals surface area contributed by atoms with E-state index in [-0.39, 0.29) is 4.90 Å². The van der Waals surface area contributed by atoms with Crippen LogP contribution in [0.25, 0.3) is 0 Å². The summed E-state index contributed by atoms with van der Waals surface area (Å²) >= 11 is 0. The van der Waals surface area contributed by atoms with Gasteiger partial charge >= 0.3 is 0 Å². The number of hydrogen-bond acceptors (Lipinski definition) is 5. The number of rotatable bonds is 8. The minimum Gasteiger partial charge on any atom is -0.497 e. The van der Waals surface area contributed by atoms with Gasteiger partial charge in [0.25, 0.3) is 10.0 Å². The number of benzene rings is 3. The van der Waals surface area contributed by atoms with Crippen molar-refractivity contribution in [1.29, 1.82) is 0 Å². The van der Waals surface area contributed by atoms with Gasteiger partial charge in [0.1, 0.15) is 18.0 Å². The van der Waals surface area contributed by atoms with Gasteiger partial charge in [-0.15, -0.1) is 0 Å². The van der Waals surface area contributed by atoms with E-state index < -0.39 is 22.5 Å². The third-order valence-corrected chi connectivity index (χ3v) is 6.41. The van der Waals surface area contributed by atoms with Gasteiger partial charge in [-0.05, 0) is 55.0 Å². The fraction of sp³-hybridized carbons (Fsp3) is 0.174. The van der Waals surface area contributed by atoms with Crippen molar-refractivity contribution >= 4 is 27.3 Å². The minimum absolute atomic E-state index is 0.0730. The second-order valence-corrected chi connectivity index (χ2v) is 8.62. The standard InChI is InChI=1S/C23H24N2O5S/c1-17-14-21(12-13-22(17)30-3)31(27,28)25(19-9-5-4-6-10-19)16-23(26)24-18-8-7-11-20(15-18)29-2/h4-15H,16H2,1-3H3,(H,24,26). The van der Waals surface area contributed by atoms with E-state index in [0.717, 1.165) is 4.31 Å². The number of carbonyl (C=O) groups excluding carboxylic acids is 1. The second-order valence-electron chi connectivity index (χ2n) is 6.76. The summed E-state index contributed by atoms with van der Waals surface area (Å²) in [5, 5.41) is 2.73. The summed E-state index contributed by atoms with van der Waals surface area (Å²) in [6.07, 6.45) is 0. The molecular formula is C23H24N2O5S. The maximum absolute atomic E-state index is 13.5. The molecule has 0 saturated heterocycles. The van der Waals surface area contributed by atoms with E-state index in [1.165, 1.54) is 26.4 Å². The van der Waals surface area contributed by atoms with E-state index >= 15 is 0 Å². The van der Waals surface area contributed by atoms with Crippen molar-refractivity contribution in [3.05, 3.63) is 78.4 Å². The summed E-state index contributed by atoms with van der Waals surface area (Å²) < 4.78 is 38.4. The largest absolute Gasteiger partial charge is 0.497 e. The van der Waals surface area contributed by atoms with Crippen molar-refractivity contribution in [1.82, 2.24) is 0 Å². The van der Waals surface area contributed by atoms with Crippen molar-refractivity contribution in [2.75, 3.05) is 30.4 Å². The Hall–Kier alpha value is -3.52. The van der Waals surface area contributed by atoms with Gasteiger partial charge in [0, 0.05) is 11.8 Å². The van der Waals surface area contributed by atoms with E-state index in [4.69, 9.17) is 9.47 Å². The highest BCUT2D eigenvalue weighted by Crippen LogP contribution is 2.27. The Morgan fingerprint density at radius 1 is 0.935 bits per heavy atom. The van der Waals surface area contributed by atoms with E-state index in [1.807, 2.05) is 0 Å². The molecular weight excluding hydrogens is 416 g/mol. The van der Waals surface area contributed by atoms with Gasteiger partial charge in [-0.3, -0.25) is 9.10 Å². The highest BCUT2D eigenvalue weighted by Gasteiger charge is 2.27. The van der Waals surface area contributed by atoms with Crippen LogP contribution in [-0.4, -0.2) is 35.1 Å². The normalized spacial score (nSPS) is 10.9. The molecule has 3 aromatic carbocycles. The maximum Gasteiger partial charge on any atom is 0.264 e. The van der Waals surface area contributed by atoms with E-state index in [2.05, 4.69) is 5.32 Å². The Kier molecular flexibility index (Phi) is 6.81. The summed E-state index contributed by atoms with van der Waals surface area (Å²) in [5.41, 5.74) is 1.57. The monoisotopic (exact) mass is 440 g/mol. The van der Waals surface area contributed by atoms with Crippen LogP contribution in [0.1, 0.15) is 5.56 Å². The van der Waals surface area contributed by atoms with Crippen molar-refractivity contribution in [3.8, 4) is 11.5 Å². The van der Waals surface area contributed by atoms with Crippen LogP contribution in [0.4, 0.5) is 11.4 Å². The molecule has 0 atom stereocenters. The number of nitrogens with one attached hydrogen (secondary N) is 1. The number of hydrogen-bond donors (Lipinski definition) is 1. The molecule has 3 aromatic rings. The molecule has 0 unspecified atom stereocenters. The summed E-state index contributed by atoms with van der Waals surface area (Å²) in [6.45, 7) is 1.37. The molecule has 0 radical (unpaired) electrons. The van der Waals surface area contributed by atoms with Crippen LogP contribution in [0.2, 0.25) is 0 Å². The number of anilines is 2. The van der Waals surface area contributed by atoms with E-state index in [1.54, 1.807) is 67.6 Å². The lowest BCUT2D eigenvalue weighted by Gasteiger charge is -2.24. The lowest BCUT2D eigenvalue weighted by Crippen LogP contribution is -2.38. The molecule has 3 rings (SSSR count). The zero-order valence-electron chi connectivity index (χ0n) is 17.5. The molecule has 0 heterocycles. The number of aryl methyl sites for hydroxylation is 1. The molecule has 0 saturated carbocycles.